The van der Waals surface area contributed by atoms with Gasteiger partial charge in [0.25, 0.3) is 0 Å². The van der Waals surface area contributed by atoms with Crippen molar-refractivity contribution >= 4 is 43.1 Å². The summed E-state index contributed by atoms with van der Waals surface area (Å²) < 4.78 is 0. The van der Waals surface area contributed by atoms with Crippen molar-refractivity contribution in [1.82, 2.24) is 0 Å². The monoisotopic (exact) mass is 754 g/mol. The summed E-state index contributed by atoms with van der Waals surface area (Å²) in [5, 5.41) is 11.0. The Morgan fingerprint density at radius 1 is 0.373 bits per heavy atom. The van der Waals surface area contributed by atoms with E-state index in [-0.39, 0.29) is 10.8 Å². The molecule has 59 heavy (non-hydrogen) atoms. The third-order valence-electron chi connectivity index (χ3n) is 16.6. The Kier molecular flexibility index (Phi) is 6.36. The molecule has 0 heteroatoms. The predicted octanol–water partition coefficient (Wildman–Crippen LogP) is 15.7. The first kappa shape index (κ1) is 32.9. The fraction of sp³-hybridized carbons (Fsp3) is 0.220. The van der Waals surface area contributed by atoms with Crippen LogP contribution < -0.4 is 0 Å². The zero-order valence-corrected chi connectivity index (χ0v) is 33.9. The molecule has 6 aliphatic rings. The molecule has 0 aliphatic heterocycles. The van der Waals surface area contributed by atoms with Crippen molar-refractivity contribution in [2.24, 2.45) is 23.7 Å². The van der Waals surface area contributed by atoms with Crippen LogP contribution in [-0.4, -0.2) is 0 Å². The zero-order chi connectivity index (χ0) is 38.8. The molecule has 0 heterocycles. The second-order valence-electron chi connectivity index (χ2n) is 19.6. The summed E-state index contributed by atoms with van der Waals surface area (Å²) in [6.45, 7) is 4.79. The van der Waals surface area contributed by atoms with Crippen LogP contribution in [0.4, 0.5) is 0 Å². The van der Waals surface area contributed by atoms with Crippen molar-refractivity contribution in [3.63, 3.8) is 0 Å². The van der Waals surface area contributed by atoms with Gasteiger partial charge >= 0.3 is 0 Å². The van der Waals surface area contributed by atoms with Crippen LogP contribution in [0.2, 0.25) is 0 Å². The van der Waals surface area contributed by atoms with E-state index < -0.39 is 0 Å². The molecule has 9 aromatic rings. The Hall–Kier alpha value is -5.98. The highest BCUT2D eigenvalue weighted by atomic mass is 14.7. The molecule has 282 valence electrons. The molecule has 15 rings (SSSR count). The number of benzene rings is 9. The van der Waals surface area contributed by atoms with Crippen molar-refractivity contribution in [3.05, 3.63) is 180 Å². The Labute approximate surface area is 346 Å². The molecule has 0 unspecified atom stereocenters. The van der Waals surface area contributed by atoms with E-state index >= 15 is 0 Å². The summed E-state index contributed by atoms with van der Waals surface area (Å²) in [5.74, 6) is 3.20. The van der Waals surface area contributed by atoms with Gasteiger partial charge in [0.15, 0.2) is 0 Å². The van der Waals surface area contributed by atoms with Crippen molar-refractivity contribution in [2.75, 3.05) is 0 Å². The van der Waals surface area contributed by atoms with Gasteiger partial charge in [0.05, 0.1) is 0 Å². The summed E-state index contributed by atoms with van der Waals surface area (Å²) in [7, 11) is 0. The summed E-state index contributed by atoms with van der Waals surface area (Å²) >= 11 is 0. The zero-order valence-electron chi connectivity index (χ0n) is 33.9. The van der Waals surface area contributed by atoms with Gasteiger partial charge in [-0.2, -0.15) is 0 Å². The molecule has 4 bridgehead atoms. The molecule has 6 aliphatic carbocycles. The molecule has 4 saturated carbocycles. The first-order chi connectivity index (χ1) is 29.0. The average molecular weight is 755 g/mol. The topological polar surface area (TPSA) is 0 Å². The molecule has 9 aromatic carbocycles. The molecule has 1 spiro atoms. The molecular formula is C59H46. The van der Waals surface area contributed by atoms with Crippen LogP contribution in [0.3, 0.4) is 0 Å². The van der Waals surface area contributed by atoms with E-state index in [1.807, 2.05) is 0 Å². The lowest BCUT2D eigenvalue weighted by Gasteiger charge is -2.61. The highest BCUT2D eigenvalue weighted by molar-refractivity contribution is 6.22. The molecule has 0 amide bonds. The molecule has 0 nitrogen and oxygen atoms in total. The minimum absolute atomic E-state index is 0.0561. The fourth-order valence-electron chi connectivity index (χ4n) is 14.6. The van der Waals surface area contributed by atoms with Crippen molar-refractivity contribution in [1.29, 1.82) is 0 Å². The van der Waals surface area contributed by atoms with E-state index in [1.165, 1.54) is 131 Å². The quantitative estimate of drug-likeness (QED) is 0.154. The highest BCUT2D eigenvalue weighted by Gasteiger charge is 2.62. The van der Waals surface area contributed by atoms with E-state index in [2.05, 4.69) is 172 Å². The van der Waals surface area contributed by atoms with Crippen LogP contribution in [0.15, 0.2) is 158 Å². The van der Waals surface area contributed by atoms with Crippen LogP contribution in [0.25, 0.3) is 87.6 Å². The van der Waals surface area contributed by atoms with Crippen molar-refractivity contribution < 1.29 is 0 Å². The lowest BCUT2D eigenvalue weighted by Crippen LogP contribution is -2.55. The van der Waals surface area contributed by atoms with Crippen LogP contribution in [0, 0.1) is 23.7 Å². The van der Waals surface area contributed by atoms with Gasteiger partial charge in [-0.25, -0.2) is 0 Å². The minimum Gasteiger partial charge on any atom is -0.0619 e. The number of hydrogen-bond acceptors (Lipinski definition) is 0. The lowest BCUT2D eigenvalue weighted by atomic mass is 9.42. The van der Waals surface area contributed by atoms with Crippen LogP contribution in [-0.2, 0) is 10.8 Å². The Balaban J connectivity index is 1.03. The smallest absolute Gasteiger partial charge is 0.0284 e. The van der Waals surface area contributed by atoms with Crippen molar-refractivity contribution in [3.8, 4) is 44.5 Å². The summed E-state index contributed by atoms with van der Waals surface area (Å²) in [5.41, 5.74) is 17.2. The van der Waals surface area contributed by atoms with Crippen LogP contribution in [0.5, 0.6) is 0 Å². The van der Waals surface area contributed by atoms with E-state index in [4.69, 9.17) is 0 Å². The number of hydrogen-bond donors (Lipinski definition) is 0. The fourth-order valence-corrected chi connectivity index (χ4v) is 14.6. The first-order valence-electron chi connectivity index (χ1n) is 22.3. The van der Waals surface area contributed by atoms with E-state index in [0.29, 0.717) is 11.8 Å². The van der Waals surface area contributed by atoms with Gasteiger partial charge in [0.2, 0.25) is 0 Å². The summed E-state index contributed by atoms with van der Waals surface area (Å²) in [6, 6.07) is 61.4. The molecule has 0 atom stereocenters. The van der Waals surface area contributed by atoms with E-state index in [9.17, 15) is 0 Å². The second kappa shape index (κ2) is 11.4. The lowest BCUT2D eigenvalue weighted by molar-refractivity contribution is -0.0388. The standard InChI is InChI=1S/C59H46/c1-58(2)52-18-10-9-13-43(52)44-24-23-39(33-53(44)58)55-47-16-7-5-14-45(47)54(46-15-6-8-17-48(46)55)38-20-19-37-22-26-50-49-25-21-36-11-3-4-12-42(36)56(49)59(57(50)51(37)32-38)40-28-34-27-35(30-40)31-41(59)29-34/h3-26,32-35,40-41H,27-31H2,1-2H3. The van der Waals surface area contributed by atoms with Gasteiger partial charge in [0, 0.05) is 10.8 Å². The van der Waals surface area contributed by atoms with Gasteiger partial charge in [-0.15, -0.1) is 0 Å². The van der Waals surface area contributed by atoms with Gasteiger partial charge in [-0.05, 0) is 178 Å². The predicted molar refractivity (Wildman–Crippen MR) is 248 cm³/mol. The molecule has 0 aromatic heterocycles. The Morgan fingerprint density at radius 2 is 0.831 bits per heavy atom. The maximum Gasteiger partial charge on any atom is 0.0284 e. The van der Waals surface area contributed by atoms with Crippen molar-refractivity contribution in [2.45, 2.75) is 56.8 Å². The molecule has 0 radical (unpaired) electrons. The number of fused-ring (bicyclic) bond motifs is 12. The van der Waals surface area contributed by atoms with Gasteiger partial charge in [-0.3, -0.25) is 0 Å². The maximum absolute atomic E-state index is 2.64. The molecule has 0 saturated heterocycles. The third kappa shape index (κ3) is 4.11. The summed E-state index contributed by atoms with van der Waals surface area (Å²) in [4.78, 5) is 0. The van der Waals surface area contributed by atoms with Crippen LogP contribution >= 0.6 is 0 Å². The van der Waals surface area contributed by atoms with E-state index in [1.54, 1.807) is 11.1 Å². The second-order valence-corrected chi connectivity index (χ2v) is 19.6. The molecule has 0 N–H and O–H groups in total. The first-order valence-corrected chi connectivity index (χ1v) is 22.3. The third-order valence-corrected chi connectivity index (χ3v) is 16.6. The average Bonchev–Trinajstić information content (AvgIpc) is 3.70. The van der Waals surface area contributed by atoms with Gasteiger partial charge < -0.3 is 0 Å². The molecular weight excluding hydrogens is 709 g/mol. The number of rotatable bonds is 2. The van der Waals surface area contributed by atoms with Gasteiger partial charge in [-0.1, -0.05) is 159 Å². The van der Waals surface area contributed by atoms with Gasteiger partial charge in [0.1, 0.15) is 0 Å². The maximum atomic E-state index is 2.64. The SMILES string of the molecule is CC1(C)c2ccccc2-c2ccc(-c3c4ccccc4c(-c4ccc5ccc6c(c5c4)C4(c5c-6ccc6ccccc56)C5CC6CC(C5)CC4C6)c4ccccc34)cc21. The Bertz CT molecular complexity index is 3230. The van der Waals surface area contributed by atoms with E-state index in [0.717, 1.165) is 11.8 Å². The summed E-state index contributed by atoms with van der Waals surface area (Å²) in [6.07, 6.45) is 6.99. The molecule has 4 fully saturated rings. The Morgan fingerprint density at radius 3 is 1.47 bits per heavy atom. The normalized spacial score (nSPS) is 24.0. The van der Waals surface area contributed by atoms with Crippen LogP contribution in [0.1, 0.15) is 68.2 Å². The highest BCUT2D eigenvalue weighted by Crippen LogP contribution is 2.71. The largest absolute Gasteiger partial charge is 0.0619 e. The minimum atomic E-state index is -0.0561.